The zero-order valence-corrected chi connectivity index (χ0v) is 15.9. The molecular formula is C19H24N6O2. The molecule has 0 spiro atoms. The molecule has 3 heterocycles. The van der Waals surface area contributed by atoms with Crippen molar-refractivity contribution in [3.63, 3.8) is 0 Å². The molecule has 0 aromatic carbocycles. The minimum Gasteiger partial charge on any atom is -0.352 e. The number of aryl methyl sites for hydroxylation is 3. The zero-order chi connectivity index (χ0) is 19.0. The van der Waals surface area contributed by atoms with Crippen LogP contribution in [0.25, 0.3) is 11.0 Å². The van der Waals surface area contributed by atoms with Crippen molar-refractivity contribution >= 4 is 16.9 Å². The summed E-state index contributed by atoms with van der Waals surface area (Å²) in [5.74, 6) is 1.65. The Balaban J connectivity index is 1.43. The molecule has 1 saturated carbocycles. The summed E-state index contributed by atoms with van der Waals surface area (Å²) >= 11 is 0. The molecular weight excluding hydrogens is 344 g/mol. The Morgan fingerprint density at radius 2 is 2.07 bits per heavy atom. The lowest BCUT2D eigenvalue weighted by atomic mass is 10.1. The number of carbonyl (C=O) groups excluding carboxylic acids is 1. The number of hydrogen-bond donors (Lipinski definition) is 1. The molecule has 0 aliphatic heterocycles. The van der Waals surface area contributed by atoms with Crippen LogP contribution in [0.15, 0.2) is 10.6 Å². The molecule has 3 aromatic heterocycles. The molecule has 0 saturated heterocycles. The summed E-state index contributed by atoms with van der Waals surface area (Å²) < 4.78 is 7.10. The molecule has 0 atom stereocenters. The van der Waals surface area contributed by atoms with Crippen molar-refractivity contribution in [2.45, 2.75) is 51.9 Å². The van der Waals surface area contributed by atoms with E-state index in [0.717, 1.165) is 41.2 Å². The molecule has 0 radical (unpaired) electrons. The average Bonchev–Trinajstić information content (AvgIpc) is 3.36. The molecule has 1 aliphatic carbocycles. The first-order chi connectivity index (χ1) is 13.0. The van der Waals surface area contributed by atoms with Crippen LogP contribution in [0.4, 0.5) is 0 Å². The highest BCUT2D eigenvalue weighted by atomic mass is 16.5. The van der Waals surface area contributed by atoms with E-state index in [1.165, 1.54) is 12.8 Å². The molecule has 27 heavy (non-hydrogen) atoms. The first kappa shape index (κ1) is 17.6. The standard InChI is InChI=1S/C19H24N6O2/c1-11-10-14(16-12(2)23-25(3)17(16)21-11)18(26)20-9-8-15-22-19(27-24-15)13-6-4-5-7-13/h10,13H,4-9H2,1-3H3,(H,20,26). The second-order valence-electron chi connectivity index (χ2n) is 7.25. The Morgan fingerprint density at radius 1 is 1.30 bits per heavy atom. The Labute approximate surface area is 157 Å². The largest absolute Gasteiger partial charge is 0.352 e. The van der Waals surface area contributed by atoms with Crippen molar-refractivity contribution in [1.82, 2.24) is 30.2 Å². The first-order valence-corrected chi connectivity index (χ1v) is 9.44. The van der Waals surface area contributed by atoms with Gasteiger partial charge in [-0.25, -0.2) is 4.98 Å². The summed E-state index contributed by atoms with van der Waals surface area (Å²) in [6.07, 6.45) is 5.25. The number of carbonyl (C=O) groups is 1. The molecule has 0 unspecified atom stereocenters. The SMILES string of the molecule is Cc1cc(C(=O)NCCc2noc(C3CCCC3)n2)c2c(C)nn(C)c2n1. The van der Waals surface area contributed by atoms with Crippen LogP contribution >= 0.6 is 0 Å². The van der Waals surface area contributed by atoms with Crippen molar-refractivity contribution in [1.29, 1.82) is 0 Å². The number of rotatable bonds is 5. The highest BCUT2D eigenvalue weighted by molar-refractivity contribution is 6.06. The summed E-state index contributed by atoms with van der Waals surface area (Å²) in [6.45, 7) is 4.22. The van der Waals surface area contributed by atoms with Gasteiger partial charge >= 0.3 is 0 Å². The minimum atomic E-state index is -0.138. The summed E-state index contributed by atoms with van der Waals surface area (Å²) in [5, 5.41) is 12.2. The summed E-state index contributed by atoms with van der Waals surface area (Å²) in [7, 11) is 1.83. The van der Waals surface area contributed by atoms with Gasteiger partial charge in [0, 0.05) is 31.6 Å². The van der Waals surface area contributed by atoms with Crippen molar-refractivity contribution in [3.8, 4) is 0 Å². The van der Waals surface area contributed by atoms with Gasteiger partial charge in [-0.3, -0.25) is 9.48 Å². The quantitative estimate of drug-likeness (QED) is 0.743. The van der Waals surface area contributed by atoms with Gasteiger partial charge in [-0.2, -0.15) is 10.1 Å². The van der Waals surface area contributed by atoms with E-state index in [1.54, 1.807) is 10.7 Å². The molecule has 8 heteroatoms. The van der Waals surface area contributed by atoms with Crippen LogP contribution in [0.1, 0.15) is 65.1 Å². The molecule has 4 rings (SSSR count). The molecule has 1 aliphatic rings. The lowest BCUT2D eigenvalue weighted by molar-refractivity contribution is 0.0955. The van der Waals surface area contributed by atoms with Crippen LogP contribution in [0.5, 0.6) is 0 Å². The highest BCUT2D eigenvalue weighted by Crippen LogP contribution is 2.32. The fourth-order valence-corrected chi connectivity index (χ4v) is 3.84. The predicted molar refractivity (Wildman–Crippen MR) is 99.5 cm³/mol. The number of amides is 1. The maximum Gasteiger partial charge on any atom is 0.252 e. The van der Waals surface area contributed by atoms with Crippen molar-refractivity contribution < 1.29 is 9.32 Å². The van der Waals surface area contributed by atoms with E-state index in [4.69, 9.17) is 4.52 Å². The topological polar surface area (TPSA) is 98.7 Å². The van der Waals surface area contributed by atoms with Crippen LogP contribution in [-0.4, -0.2) is 37.4 Å². The monoisotopic (exact) mass is 368 g/mol. The number of nitrogens with zero attached hydrogens (tertiary/aromatic N) is 5. The van der Waals surface area contributed by atoms with Gasteiger partial charge in [-0.1, -0.05) is 18.0 Å². The third-order valence-corrected chi connectivity index (χ3v) is 5.16. The Hall–Kier alpha value is -2.77. The maximum atomic E-state index is 12.7. The van der Waals surface area contributed by atoms with Crippen LogP contribution in [0.3, 0.4) is 0 Å². The van der Waals surface area contributed by atoms with Gasteiger partial charge in [0.2, 0.25) is 5.89 Å². The Morgan fingerprint density at radius 3 is 2.85 bits per heavy atom. The van der Waals surface area contributed by atoms with Crippen LogP contribution in [0.2, 0.25) is 0 Å². The van der Waals surface area contributed by atoms with Crippen LogP contribution < -0.4 is 5.32 Å². The zero-order valence-electron chi connectivity index (χ0n) is 15.9. The Kier molecular flexibility index (Phi) is 4.63. The molecule has 3 aromatic rings. The molecule has 142 valence electrons. The normalized spacial score (nSPS) is 14.9. The van der Waals surface area contributed by atoms with E-state index < -0.39 is 0 Å². The fraction of sp³-hybridized carbons (Fsp3) is 0.526. The lowest BCUT2D eigenvalue weighted by Crippen LogP contribution is -2.26. The number of pyridine rings is 1. The van der Waals surface area contributed by atoms with E-state index in [2.05, 4.69) is 25.5 Å². The average molecular weight is 368 g/mol. The molecule has 1 N–H and O–H groups in total. The number of fused-ring (bicyclic) bond motifs is 1. The third-order valence-electron chi connectivity index (χ3n) is 5.16. The minimum absolute atomic E-state index is 0.138. The fourth-order valence-electron chi connectivity index (χ4n) is 3.84. The summed E-state index contributed by atoms with van der Waals surface area (Å²) in [5.41, 5.74) is 2.90. The third kappa shape index (κ3) is 3.43. The van der Waals surface area contributed by atoms with Gasteiger partial charge < -0.3 is 9.84 Å². The lowest BCUT2D eigenvalue weighted by Gasteiger charge is -2.07. The van der Waals surface area contributed by atoms with Gasteiger partial charge in [0.05, 0.1) is 16.6 Å². The summed E-state index contributed by atoms with van der Waals surface area (Å²) in [4.78, 5) is 21.7. The molecule has 1 fully saturated rings. The van der Waals surface area contributed by atoms with Crippen molar-refractivity contribution in [3.05, 3.63) is 34.7 Å². The van der Waals surface area contributed by atoms with E-state index in [1.807, 2.05) is 20.9 Å². The summed E-state index contributed by atoms with van der Waals surface area (Å²) in [6, 6.07) is 1.80. The van der Waals surface area contributed by atoms with E-state index in [-0.39, 0.29) is 5.91 Å². The van der Waals surface area contributed by atoms with Gasteiger partial charge in [-0.05, 0) is 32.8 Å². The van der Waals surface area contributed by atoms with Crippen molar-refractivity contribution in [2.24, 2.45) is 7.05 Å². The molecule has 1 amide bonds. The molecule has 0 bridgehead atoms. The van der Waals surface area contributed by atoms with E-state index >= 15 is 0 Å². The van der Waals surface area contributed by atoms with Gasteiger partial charge in [0.25, 0.3) is 5.91 Å². The van der Waals surface area contributed by atoms with Crippen LogP contribution in [0, 0.1) is 13.8 Å². The van der Waals surface area contributed by atoms with Gasteiger partial charge in [-0.15, -0.1) is 0 Å². The van der Waals surface area contributed by atoms with E-state index in [0.29, 0.717) is 30.3 Å². The van der Waals surface area contributed by atoms with Gasteiger partial charge in [0.15, 0.2) is 11.5 Å². The predicted octanol–water partition coefficient (Wildman–Crippen LogP) is 2.60. The second-order valence-corrected chi connectivity index (χ2v) is 7.25. The first-order valence-electron chi connectivity index (χ1n) is 9.44. The second kappa shape index (κ2) is 7.09. The Bertz CT molecular complexity index is 984. The number of hydrogen-bond acceptors (Lipinski definition) is 6. The smallest absolute Gasteiger partial charge is 0.252 e. The molecule has 8 nitrogen and oxygen atoms in total. The van der Waals surface area contributed by atoms with Crippen molar-refractivity contribution in [2.75, 3.05) is 6.54 Å². The number of aromatic nitrogens is 5. The highest BCUT2D eigenvalue weighted by Gasteiger charge is 2.23. The maximum absolute atomic E-state index is 12.7. The van der Waals surface area contributed by atoms with E-state index in [9.17, 15) is 4.79 Å². The number of nitrogens with one attached hydrogen (secondary N) is 1. The van der Waals surface area contributed by atoms with Gasteiger partial charge in [0.1, 0.15) is 0 Å². The van der Waals surface area contributed by atoms with Crippen LogP contribution in [-0.2, 0) is 13.5 Å².